The van der Waals surface area contributed by atoms with E-state index in [9.17, 15) is 44.8 Å². The molecule has 2 fully saturated rings. The number of aliphatic hydroxyl groups is 4. The van der Waals surface area contributed by atoms with E-state index < -0.39 is 84.3 Å². The number of aliphatic hydroxyl groups excluding tert-OH is 4. The van der Waals surface area contributed by atoms with E-state index in [0.717, 1.165) is 10.9 Å². The smallest absolute Gasteiger partial charge is 0.434 e. The summed E-state index contributed by atoms with van der Waals surface area (Å²) in [6, 6.07) is 0. The molecule has 0 saturated carbocycles. The molecule has 0 aliphatic carbocycles. The van der Waals surface area contributed by atoms with Gasteiger partial charge in [-0.15, -0.1) is 0 Å². The third-order valence-electron chi connectivity index (χ3n) is 5.75. The van der Waals surface area contributed by atoms with Crippen LogP contribution in [0.4, 0.5) is 0 Å². The van der Waals surface area contributed by atoms with E-state index in [1.807, 2.05) is 0 Å². The van der Waals surface area contributed by atoms with Crippen LogP contribution in [0.15, 0.2) is 17.3 Å². The first kappa shape index (κ1) is 25.3. The Morgan fingerprint density at radius 3 is 2.26 bits per heavy atom. The number of aromatic nitrogens is 4. The van der Waals surface area contributed by atoms with Crippen molar-refractivity contribution in [1.82, 2.24) is 14.5 Å². The second-order valence-corrected chi connectivity index (χ2v) is 11.1. The van der Waals surface area contributed by atoms with Gasteiger partial charge in [0, 0.05) is 4.31 Å². The van der Waals surface area contributed by atoms with Gasteiger partial charge in [0.05, 0.1) is 0 Å². The van der Waals surface area contributed by atoms with Crippen LogP contribution in [0, 0.1) is 0 Å². The van der Waals surface area contributed by atoms with E-state index in [2.05, 4.69) is 23.3 Å². The maximum Gasteiger partial charge on any atom is 0.434 e. The van der Waals surface area contributed by atoms with Crippen molar-refractivity contribution < 1.29 is 67.4 Å². The van der Waals surface area contributed by atoms with Crippen molar-refractivity contribution in [2.45, 2.75) is 49.1 Å². The van der Waals surface area contributed by atoms with Crippen molar-refractivity contribution in [2.24, 2.45) is 0 Å². The standard InChI is InChI=1S/C15H20N4O14P2/c20-8-6-2-29-34(25,26)33-35(27,28)30-3-7-9(21)11(23)14(32-7)19-12-5(17-15(19)24)1-18(4-16-12)13(31-6)10(8)22/h1,4,6-11,13-14,20-23H,2-3H2,(H2-,17,24,25,26,27,28)/p+1/t6-,7-,8-,9-,10-,11-,13-,14-/m1/s1. The summed E-state index contributed by atoms with van der Waals surface area (Å²) in [7, 11) is -10.5. The fourth-order valence-electron chi connectivity index (χ4n) is 4.06. The molecule has 0 amide bonds. The number of hydrogen-bond acceptors (Lipinski definition) is 15. The number of nitrogens with zero attached hydrogens (tertiary/aromatic N) is 3. The van der Waals surface area contributed by atoms with Crippen LogP contribution in [0.3, 0.4) is 0 Å². The molecule has 8 bridgehead atoms. The minimum absolute atomic E-state index is 0.0181. The molecule has 18 nitrogen and oxygen atoms in total. The molecule has 10 atom stereocenters. The SMILES string of the molecule is O=c1[nH]c2c[n+]3cnc2n1[C@@H]1O[C@H](CO[P+]([O-])(O)O[P+]([O-])(O)OC[C@H]2O[C@@H]3[C@H](O)[C@@H]2O)[C@@H](O)[C@H]1O. The highest BCUT2D eigenvalue weighted by Gasteiger charge is 2.53. The summed E-state index contributed by atoms with van der Waals surface area (Å²) < 4.78 is 26.5. The fraction of sp³-hybridized carbons (Fsp3) is 0.667. The fourth-order valence-corrected chi connectivity index (χ4v) is 6.16. The van der Waals surface area contributed by atoms with Crippen molar-refractivity contribution in [3.63, 3.8) is 0 Å². The predicted octanol–water partition coefficient (Wildman–Crippen LogP) is -5.63. The summed E-state index contributed by atoms with van der Waals surface area (Å²) in [5.74, 6) is 0. The Bertz CT molecular complexity index is 1160. The van der Waals surface area contributed by atoms with Crippen molar-refractivity contribution in [3.05, 3.63) is 23.0 Å². The molecule has 4 aliphatic rings. The molecule has 7 N–H and O–H groups in total. The van der Waals surface area contributed by atoms with Gasteiger partial charge in [-0.05, 0) is 4.98 Å². The summed E-state index contributed by atoms with van der Waals surface area (Å²) in [6.45, 7) is -1.74. The topological polar surface area (TPSA) is 268 Å². The minimum atomic E-state index is -5.28. The van der Waals surface area contributed by atoms with Crippen LogP contribution < -0.4 is 20.0 Å². The lowest BCUT2D eigenvalue weighted by molar-refractivity contribution is -0.767. The van der Waals surface area contributed by atoms with Crippen molar-refractivity contribution in [3.8, 4) is 0 Å². The number of phosphoric acid groups is 2. The largest absolute Gasteiger partial charge is 0.603 e. The highest BCUT2D eigenvalue weighted by molar-refractivity contribution is 7.66. The average molecular weight is 543 g/mol. The van der Waals surface area contributed by atoms with Crippen LogP contribution in [0.5, 0.6) is 0 Å². The van der Waals surface area contributed by atoms with Crippen LogP contribution >= 0.6 is 16.3 Å². The van der Waals surface area contributed by atoms with Gasteiger partial charge in [-0.1, -0.05) is 0 Å². The van der Waals surface area contributed by atoms with Gasteiger partial charge in [0.1, 0.15) is 56.0 Å². The van der Waals surface area contributed by atoms with E-state index in [-0.39, 0.29) is 11.2 Å². The quantitative estimate of drug-likeness (QED) is 0.121. The molecule has 20 heteroatoms. The van der Waals surface area contributed by atoms with Gasteiger partial charge < -0.3 is 39.7 Å². The van der Waals surface area contributed by atoms with E-state index in [1.165, 1.54) is 10.8 Å². The highest BCUT2D eigenvalue weighted by atomic mass is 31.3. The number of fused-ring (bicyclic) bond motifs is 7. The Kier molecular flexibility index (Phi) is 6.45. The first-order valence-electron chi connectivity index (χ1n) is 10.1. The summed E-state index contributed by atoms with van der Waals surface area (Å²) in [4.78, 5) is 63.1. The van der Waals surface area contributed by atoms with E-state index >= 15 is 0 Å². The molecule has 2 unspecified atom stereocenters. The summed E-state index contributed by atoms with van der Waals surface area (Å²) in [6.07, 6.45) is -9.77. The number of ether oxygens (including phenoxy) is 2. The molecule has 6 rings (SSSR count). The van der Waals surface area contributed by atoms with Gasteiger partial charge in [-0.2, -0.15) is 18.8 Å². The normalized spacial score (nSPS) is 44.7. The Labute approximate surface area is 195 Å². The van der Waals surface area contributed by atoms with Gasteiger partial charge in [0.25, 0.3) is 12.0 Å². The molecular formula is C15H21N4O14P2+. The van der Waals surface area contributed by atoms with E-state index in [4.69, 9.17) is 9.47 Å². The van der Waals surface area contributed by atoms with Crippen molar-refractivity contribution >= 4 is 27.5 Å². The monoisotopic (exact) mass is 543 g/mol. The van der Waals surface area contributed by atoms with E-state index in [0.29, 0.717) is 0 Å². The number of H-pyrrole nitrogens is 1. The number of nitrogens with one attached hydrogen (secondary N) is 1. The summed E-state index contributed by atoms with van der Waals surface area (Å²) in [5, 5.41) is 41.4. The van der Waals surface area contributed by atoms with Crippen LogP contribution in [0.25, 0.3) is 11.2 Å². The summed E-state index contributed by atoms with van der Waals surface area (Å²) >= 11 is 0. The molecule has 4 aliphatic heterocycles. The lowest BCUT2D eigenvalue weighted by atomic mass is 10.1. The highest BCUT2D eigenvalue weighted by Crippen LogP contribution is 2.65. The second-order valence-electron chi connectivity index (χ2n) is 8.06. The van der Waals surface area contributed by atoms with Crippen molar-refractivity contribution in [1.29, 1.82) is 0 Å². The Morgan fingerprint density at radius 2 is 1.60 bits per heavy atom. The molecule has 0 radical (unpaired) electrons. The molecule has 0 spiro atoms. The van der Waals surface area contributed by atoms with Gasteiger partial charge >= 0.3 is 22.0 Å². The van der Waals surface area contributed by atoms with Gasteiger partial charge in [0.2, 0.25) is 6.23 Å². The van der Waals surface area contributed by atoms with Crippen molar-refractivity contribution in [2.75, 3.05) is 13.2 Å². The molecule has 2 saturated heterocycles. The number of imidazole rings is 1. The zero-order valence-corrected chi connectivity index (χ0v) is 19.2. The maximum absolute atomic E-state index is 12.6. The molecule has 35 heavy (non-hydrogen) atoms. The third kappa shape index (κ3) is 4.61. The van der Waals surface area contributed by atoms with Crippen LogP contribution in [-0.2, 0) is 22.8 Å². The van der Waals surface area contributed by atoms with Crippen LogP contribution in [-0.4, -0.2) is 94.6 Å². The maximum atomic E-state index is 12.6. The number of hydrogen-bond donors (Lipinski definition) is 7. The zero-order chi connectivity index (χ0) is 25.3. The molecule has 0 aromatic carbocycles. The van der Waals surface area contributed by atoms with Crippen LogP contribution in [0.2, 0.25) is 0 Å². The van der Waals surface area contributed by atoms with Crippen LogP contribution in [0.1, 0.15) is 12.5 Å². The summed E-state index contributed by atoms with van der Waals surface area (Å²) in [5.41, 5.74) is -0.713. The molecule has 2 aromatic heterocycles. The molecule has 194 valence electrons. The van der Waals surface area contributed by atoms with Gasteiger partial charge in [-0.25, -0.2) is 13.9 Å². The lowest BCUT2D eigenvalue weighted by Gasteiger charge is -2.26. The first-order valence-corrected chi connectivity index (χ1v) is 13.1. The number of aromatic amines is 1. The Morgan fingerprint density at radius 1 is 1.00 bits per heavy atom. The Hall–Kier alpha value is -1.31. The van der Waals surface area contributed by atoms with E-state index in [1.54, 1.807) is 0 Å². The predicted molar refractivity (Wildman–Crippen MR) is 104 cm³/mol. The Balaban J connectivity index is 1.56. The zero-order valence-electron chi connectivity index (χ0n) is 17.4. The van der Waals surface area contributed by atoms with Gasteiger partial charge in [0.15, 0.2) is 11.7 Å². The average Bonchev–Trinajstić information content (AvgIpc) is 3.35. The van der Waals surface area contributed by atoms with Gasteiger partial charge in [-0.3, -0.25) is 4.98 Å². The third-order valence-corrected chi connectivity index (χ3v) is 8.36. The number of rotatable bonds is 0. The second kappa shape index (κ2) is 8.91. The first-order chi connectivity index (χ1) is 16.4. The number of phosphoric ester groups is 2. The lowest BCUT2D eigenvalue weighted by Crippen LogP contribution is -2.46. The minimum Gasteiger partial charge on any atom is -0.603 e. The molecule has 6 heterocycles. The molecular weight excluding hydrogens is 522 g/mol. The molecule has 2 aromatic rings.